The summed E-state index contributed by atoms with van der Waals surface area (Å²) >= 11 is 0. The van der Waals surface area contributed by atoms with E-state index in [1.165, 1.54) is 83.0 Å². The molecule has 3 aliphatic carbocycles. The second kappa shape index (κ2) is 8.49. The van der Waals surface area contributed by atoms with Crippen molar-refractivity contribution in [2.75, 3.05) is 26.2 Å². The second-order valence-electron chi connectivity index (χ2n) is 10.6. The number of allylic oxidation sites excluding steroid dienone is 2. The van der Waals surface area contributed by atoms with Crippen LogP contribution in [0.2, 0.25) is 0 Å². The topological polar surface area (TPSA) is 32.3 Å². The molecule has 0 bridgehead atoms. The Hall–Kier alpha value is -1.61. The molecule has 162 valence electrons. The molecular weight excluding hydrogens is 368 g/mol. The molecule has 1 amide bonds. The minimum atomic E-state index is 0.163. The molecule has 0 aromatic heterocycles. The number of piperidine rings is 1. The molecule has 2 atom stereocenters. The van der Waals surface area contributed by atoms with E-state index in [1.807, 2.05) is 0 Å². The van der Waals surface area contributed by atoms with Crippen molar-refractivity contribution in [2.45, 2.75) is 69.6 Å². The first-order valence-electron chi connectivity index (χ1n) is 12.4. The van der Waals surface area contributed by atoms with Gasteiger partial charge < -0.3 is 10.2 Å². The van der Waals surface area contributed by atoms with Gasteiger partial charge in [0.2, 0.25) is 5.91 Å². The molecule has 1 aromatic carbocycles. The molecule has 0 unspecified atom stereocenters. The molecule has 1 aliphatic heterocycles. The number of carbonyl (C=O) groups excluding carboxylic acids is 1. The molecule has 1 spiro atoms. The molecule has 3 heteroatoms. The van der Waals surface area contributed by atoms with Crippen LogP contribution in [-0.2, 0) is 10.2 Å². The van der Waals surface area contributed by atoms with Gasteiger partial charge in [-0.3, -0.25) is 4.79 Å². The van der Waals surface area contributed by atoms with Crippen LogP contribution in [0.4, 0.5) is 0 Å². The number of nitrogens with one attached hydrogen (secondary N) is 1. The number of rotatable bonds is 6. The van der Waals surface area contributed by atoms with Gasteiger partial charge in [-0.15, -0.1) is 0 Å². The first kappa shape index (κ1) is 20.3. The van der Waals surface area contributed by atoms with Gasteiger partial charge in [-0.05, 0) is 81.4 Å². The highest BCUT2D eigenvalue weighted by Gasteiger charge is 2.58. The Morgan fingerprint density at radius 1 is 1.03 bits per heavy atom. The SMILES string of the molecule is O=C(NCC1(c2ccccc2)CCCC1)[C@H]1CC12CCN(C[C@H]1CC=CCC1)CC2. The Morgan fingerprint density at radius 2 is 1.80 bits per heavy atom. The van der Waals surface area contributed by atoms with E-state index in [2.05, 4.69) is 52.7 Å². The summed E-state index contributed by atoms with van der Waals surface area (Å²) in [5, 5.41) is 3.41. The molecule has 1 heterocycles. The minimum Gasteiger partial charge on any atom is -0.355 e. The van der Waals surface area contributed by atoms with Gasteiger partial charge in [0.15, 0.2) is 0 Å². The lowest BCUT2D eigenvalue weighted by Crippen LogP contribution is -2.42. The van der Waals surface area contributed by atoms with Gasteiger partial charge in [-0.2, -0.15) is 0 Å². The number of carbonyl (C=O) groups is 1. The summed E-state index contributed by atoms with van der Waals surface area (Å²) in [5.74, 6) is 1.46. The summed E-state index contributed by atoms with van der Waals surface area (Å²) in [4.78, 5) is 15.7. The van der Waals surface area contributed by atoms with Crippen LogP contribution >= 0.6 is 0 Å². The van der Waals surface area contributed by atoms with Crippen molar-refractivity contribution in [3.8, 4) is 0 Å². The fourth-order valence-electron chi connectivity index (χ4n) is 6.63. The van der Waals surface area contributed by atoms with E-state index in [0.29, 0.717) is 11.3 Å². The Balaban J connectivity index is 1.12. The molecule has 3 nitrogen and oxygen atoms in total. The highest BCUT2D eigenvalue weighted by atomic mass is 16.2. The van der Waals surface area contributed by atoms with Crippen LogP contribution in [0.3, 0.4) is 0 Å². The number of nitrogens with zero attached hydrogens (tertiary/aromatic N) is 1. The van der Waals surface area contributed by atoms with Crippen molar-refractivity contribution < 1.29 is 4.79 Å². The quantitative estimate of drug-likeness (QED) is 0.669. The fourth-order valence-corrected chi connectivity index (χ4v) is 6.63. The van der Waals surface area contributed by atoms with Crippen LogP contribution in [0.1, 0.15) is 69.8 Å². The van der Waals surface area contributed by atoms with Crippen LogP contribution in [0.25, 0.3) is 0 Å². The lowest BCUT2D eigenvalue weighted by atomic mass is 9.78. The van der Waals surface area contributed by atoms with Crippen molar-refractivity contribution in [2.24, 2.45) is 17.3 Å². The zero-order chi connectivity index (χ0) is 20.4. The summed E-state index contributed by atoms with van der Waals surface area (Å²) in [6.45, 7) is 4.47. The lowest BCUT2D eigenvalue weighted by molar-refractivity contribution is -0.123. The zero-order valence-electron chi connectivity index (χ0n) is 18.5. The number of hydrogen-bond donors (Lipinski definition) is 1. The maximum absolute atomic E-state index is 13.1. The van der Waals surface area contributed by atoms with Gasteiger partial charge in [-0.25, -0.2) is 0 Å². The Morgan fingerprint density at radius 3 is 2.50 bits per heavy atom. The summed E-state index contributed by atoms with van der Waals surface area (Å²) in [7, 11) is 0. The smallest absolute Gasteiger partial charge is 0.223 e. The standard InChI is InChI=1S/C27H38N2O/c30-25(28-21-27(13-7-8-14-27)23-11-5-2-6-12-23)24-19-26(24)15-17-29(18-16-26)20-22-9-3-1-4-10-22/h1-3,5-6,11-12,22,24H,4,7-10,13-21H2,(H,28,30)/t22-,24+/m0/s1. The van der Waals surface area contributed by atoms with Crippen LogP contribution in [0.5, 0.6) is 0 Å². The van der Waals surface area contributed by atoms with Gasteiger partial charge in [-0.1, -0.05) is 55.3 Å². The normalized spacial score (nSPS) is 29.7. The van der Waals surface area contributed by atoms with Gasteiger partial charge in [0.1, 0.15) is 0 Å². The van der Waals surface area contributed by atoms with Crippen LogP contribution < -0.4 is 5.32 Å². The van der Waals surface area contributed by atoms with Gasteiger partial charge in [0.25, 0.3) is 0 Å². The molecular formula is C27H38N2O. The highest BCUT2D eigenvalue weighted by molar-refractivity contribution is 5.82. The average molecular weight is 407 g/mol. The first-order chi connectivity index (χ1) is 14.7. The average Bonchev–Trinajstić information content (AvgIpc) is 3.27. The molecule has 0 radical (unpaired) electrons. The Kier molecular flexibility index (Phi) is 5.75. The van der Waals surface area contributed by atoms with Crippen molar-refractivity contribution in [1.82, 2.24) is 10.2 Å². The third kappa shape index (κ3) is 4.10. The number of benzene rings is 1. The molecule has 2 saturated carbocycles. The van der Waals surface area contributed by atoms with Gasteiger partial charge in [0, 0.05) is 24.4 Å². The number of hydrogen-bond acceptors (Lipinski definition) is 2. The summed E-state index contributed by atoms with van der Waals surface area (Å²) in [6.07, 6.45) is 17.1. The molecule has 1 aromatic rings. The highest BCUT2D eigenvalue weighted by Crippen LogP contribution is 2.59. The van der Waals surface area contributed by atoms with E-state index in [1.54, 1.807) is 0 Å². The van der Waals surface area contributed by atoms with E-state index in [-0.39, 0.29) is 11.3 Å². The molecule has 5 rings (SSSR count). The minimum absolute atomic E-state index is 0.163. The van der Waals surface area contributed by atoms with Gasteiger partial charge >= 0.3 is 0 Å². The van der Waals surface area contributed by atoms with E-state index in [0.717, 1.165) is 18.9 Å². The largest absolute Gasteiger partial charge is 0.355 e. The predicted molar refractivity (Wildman–Crippen MR) is 122 cm³/mol. The van der Waals surface area contributed by atoms with Crippen LogP contribution in [-0.4, -0.2) is 37.0 Å². The van der Waals surface area contributed by atoms with E-state index < -0.39 is 0 Å². The summed E-state index contributed by atoms with van der Waals surface area (Å²) in [5.41, 5.74) is 1.90. The maximum Gasteiger partial charge on any atom is 0.223 e. The fraction of sp³-hybridized carbons (Fsp3) is 0.667. The first-order valence-corrected chi connectivity index (χ1v) is 12.4. The summed E-state index contributed by atoms with van der Waals surface area (Å²) in [6, 6.07) is 10.9. The second-order valence-corrected chi connectivity index (χ2v) is 10.6. The predicted octanol–water partition coefficient (Wildman–Crippen LogP) is 5.07. The number of amides is 1. The van der Waals surface area contributed by atoms with Crippen molar-refractivity contribution in [3.63, 3.8) is 0 Å². The molecule has 4 aliphatic rings. The number of likely N-dealkylation sites (tertiary alicyclic amines) is 1. The third-order valence-electron chi connectivity index (χ3n) is 8.80. The Bertz CT molecular complexity index is 756. The van der Waals surface area contributed by atoms with Crippen molar-refractivity contribution in [1.29, 1.82) is 0 Å². The Labute approximate surface area is 182 Å². The van der Waals surface area contributed by atoms with Crippen molar-refractivity contribution >= 4 is 5.91 Å². The lowest BCUT2D eigenvalue weighted by Gasteiger charge is -2.35. The van der Waals surface area contributed by atoms with Gasteiger partial charge in [0.05, 0.1) is 0 Å². The van der Waals surface area contributed by atoms with E-state index in [9.17, 15) is 4.79 Å². The maximum atomic E-state index is 13.1. The van der Waals surface area contributed by atoms with E-state index >= 15 is 0 Å². The van der Waals surface area contributed by atoms with Crippen LogP contribution in [0.15, 0.2) is 42.5 Å². The summed E-state index contributed by atoms with van der Waals surface area (Å²) < 4.78 is 0. The molecule has 1 saturated heterocycles. The monoisotopic (exact) mass is 406 g/mol. The third-order valence-corrected chi connectivity index (χ3v) is 8.80. The molecule has 30 heavy (non-hydrogen) atoms. The molecule has 1 N–H and O–H groups in total. The zero-order valence-corrected chi connectivity index (χ0v) is 18.5. The van der Waals surface area contributed by atoms with Crippen molar-refractivity contribution in [3.05, 3.63) is 48.0 Å². The molecule has 3 fully saturated rings. The van der Waals surface area contributed by atoms with E-state index in [4.69, 9.17) is 0 Å². The van der Waals surface area contributed by atoms with Crippen LogP contribution in [0, 0.1) is 17.3 Å².